The quantitative estimate of drug-likeness (QED) is 0.163. The predicted molar refractivity (Wildman–Crippen MR) is 155 cm³/mol. The molecule has 0 fully saturated rings. The Bertz CT molecular complexity index is 964. The van der Waals surface area contributed by atoms with Crippen LogP contribution in [-0.4, -0.2) is 27.4 Å². The zero-order valence-electron chi connectivity index (χ0n) is 20.8. The summed E-state index contributed by atoms with van der Waals surface area (Å²) in [5.41, 5.74) is 2.00. The number of esters is 1. The summed E-state index contributed by atoms with van der Waals surface area (Å²) in [5, 5.41) is 3.25. The van der Waals surface area contributed by atoms with Crippen LogP contribution in [0.15, 0.2) is 30.3 Å². The molecule has 2 aromatic rings. The number of halogens is 2. The summed E-state index contributed by atoms with van der Waals surface area (Å²) in [7, 11) is -1.94. The van der Waals surface area contributed by atoms with Gasteiger partial charge in [0.05, 0.1) is 13.7 Å². The SMILES string of the molecule is CCOC(=O)CNc1cc(I)c(Oc2ccc(O[Si](C)(C)C(C)(C)C)c(C(C)C)c2)c(I)c1. The van der Waals surface area contributed by atoms with E-state index < -0.39 is 8.32 Å². The van der Waals surface area contributed by atoms with Crippen LogP contribution in [0, 0.1) is 7.14 Å². The zero-order valence-corrected chi connectivity index (χ0v) is 26.1. The number of carbonyl (C=O) groups is 1. The van der Waals surface area contributed by atoms with Crippen LogP contribution in [-0.2, 0) is 9.53 Å². The first kappa shape index (κ1) is 28.2. The number of rotatable bonds is 9. The number of hydrogen-bond acceptors (Lipinski definition) is 5. The van der Waals surface area contributed by atoms with E-state index in [2.05, 4.69) is 104 Å². The van der Waals surface area contributed by atoms with E-state index in [4.69, 9.17) is 13.9 Å². The van der Waals surface area contributed by atoms with Crippen LogP contribution in [0.1, 0.15) is 53.0 Å². The second kappa shape index (κ2) is 11.6. The molecule has 5 nitrogen and oxygen atoms in total. The fraction of sp³-hybridized carbons (Fsp3) is 0.480. The van der Waals surface area contributed by atoms with Gasteiger partial charge in [-0.25, -0.2) is 0 Å². The molecule has 0 radical (unpaired) electrons. The van der Waals surface area contributed by atoms with Crippen LogP contribution in [0.4, 0.5) is 5.69 Å². The first-order chi connectivity index (χ1) is 15.2. The minimum atomic E-state index is -1.94. The van der Waals surface area contributed by atoms with Crippen LogP contribution in [0.5, 0.6) is 17.2 Å². The number of hydrogen-bond donors (Lipinski definition) is 1. The Labute approximate surface area is 226 Å². The summed E-state index contributed by atoms with van der Waals surface area (Å²) < 4.78 is 19.8. The Hall–Kier alpha value is -1.01. The molecule has 0 aliphatic carbocycles. The van der Waals surface area contributed by atoms with E-state index in [9.17, 15) is 4.79 Å². The van der Waals surface area contributed by atoms with Gasteiger partial charge in [0, 0.05) is 5.69 Å². The third kappa shape index (κ3) is 7.74. The first-order valence-corrected chi connectivity index (χ1v) is 16.2. The van der Waals surface area contributed by atoms with E-state index in [1.807, 2.05) is 24.3 Å². The lowest BCUT2D eigenvalue weighted by Gasteiger charge is -2.37. The van der Waals surface area contributed by atoms with E-state index >= 15 is 0 Å². The van der Waals surface area contributed by atoms with Crippen molar-refractivity contribution in [3.05, 3.63) is 43.0 Å². The molecule has 0 unspecified atom stereocenters. The summed E-state index contributed by atoms with van der Waals surface area (Å²) >= 11 is 4.52. The van der Waals surface area contributed by atoms with Gasteiger partial charge in [-0.05, 0) is 112 Å². The number of carbonyl (C=O) groups excluding carboxylic acids is 1. The zero-order chi connectivity index (χ0) is 25.0. The average Bonchev–Trinajstić information content (AvgIpc) is 2.69. The van der Waals surface area contributed by atoms with Gasteiger partial charge in [0.25, 0.3) is 0 Å². The number of anilines is 1. The van der Waals surface area contributed by atoms with Gasteiger partial charge in [0.2, 0.25) is 8.32 Å². The molecule has 182 valence electrons. The van der Waals surface area contributed by atoms with Gasteiger partial charge >= 0.3 is 5.97 Å². The van der Waals surface area contributed by atoms with Crippen molar-refractivity contribution in [2.45, 2.75) is 65.6 Å². The molecule has 0 spiro atoms. The topological polar surface area (TPSA) is 56.8 Å². The van der Waals surface area contributed by atoms with Crippen molar-refractivity contribution >= 4 is 65.2 Å². The molecular formula is C25H35I2NO4Si. The normalized spacial score (nSPS) is 12.0. The van der Waals surface area contributed by atoms with Crippen molar-refractivity contribution < 1.29 is 18.7 Å². The first-order valence-electron chi connectivity index (χ1n) is 11.1. The molecule has 1 N–H and O–H groups in total. The maximum absolute atomic E-state index is 11.6. The van der Waals surface area contributed by atoms with Crippen LogP contribution in [0.25, 0.3) is 0 Å². The molecule has 0 bridgehead atoms. The molecule has 0 heterocycles. The Morgan fingerprint density at radius 2 is 1.70 bits per heavy atom. The lowest BCUT2D eigenvalue weighted by molar-refractivity contribution is -0.140. The fourth-order valence-corrected chi connectivity index (χ4v) is 5.86. The molecule has 2 aromatic carbocycles. The molecule has 0 saturated heterocycles. The van der Waals surface area contributed by atoms with Gasteiger partial charge in [0.15, 0.2) is 5.75 Å². The molecule has 8 heteroatoms. The molecule has 0 saturated carbocycles. The Morgan fingerprint density at radius 1 is 1.09 bits per heavy atom. The van der Waals surface area contributed by atoms with E-state index in [0.29, 0.717) is 12.5 Å². The van der Waals surface area contributed by atoms with E-state index in [0.717, 1.165) is 35.6 Å². The van der Waals surface area contributed by atoms with Crippen LogP contribution < -0.4 is 14.5 Å². The van der Waals surface area contributed by atoms with Crippen molar-refractivity contribution in [2.75, 3.05) is 18.5 Å². The van der Waals surface area contributed by atoms with Gasteiger partial charge in [-0.2, -0.15) is 0 Å². The van der Waals surface area contributed by atoms with Crippen molar-refractivity contribution in [1.29, 1.82) is 0 Å². The largest absolute Gasteiger partial charge is 0.543 e. The minimum Gasteiger partial charge on any atom is -0.543 e. The van der Waals surface area contributed by atoms with Crippen molar-refractivity contribution in [3.8, 4) is 17.2 Å². The molecule has 0 aliphatic rings. The van der Waals surface area contributed by atoms with Gasteiger partial charge in [0.1, 0.15) is 18.0 Å². The van der Waals surface area contributed by atoms with E-state index in [1.165, 1.54) is 0 Å². The maximum Gasteiger partial charge on any atom is 0.325 e. The summed E-state index contributed by atoms with van der Waals surface area (Å²) in [4.78, 5) is 11.6. The molecule has 0 atom stereocenters. The standard InChI is InChI=1S/C25H35I2NO4Si/c1-9-30-23(29)15-28-17-12-20(26)24(21(27)13-17)31-18-10-11-22(19(14-18)16(2)3)32-33(7,8)25(4,5)6/h10-14,16,28H,9,15H2,1-8H3. The van der Waals surface area contributed by atoms with Crippen LogP contribution in [0.3, 0.4) is 0 Å². The van der Waals surface area contributed by atoms with Crippen molar-refractivity contribution in [3.63, 3.8) is 0 Å². The van der Waals surface area contributed by atoms with Gasteiger partial charge in [-0.3, -0.25) is 4.79 Å². The second-order valence-electron chi connectivity index (χ2n) is 9.75. The maximum atomic E-state index is 11.6. The lowest BCUT2D eigenvalue weighted by atomic mass is 10.0. The molecule has 0 amide bonds. The molecule has 0 aliphatic heterocycles. The Morgan fingerprint density at radius 3 is 2.21 bits per heavy atom. The summed E-state index contributed by atoms with van der Waals surface area (Å²) in [6.45, 7) is 17.9. The highest BCUT2D eigenvalue weighted by Crippen LogP contribution is 2.41. The second-order valence-corrected chi connectivity index (χ2v) is 16.8. The number of benzene rings is 2. The third-order valence-electron chi connectivity index (χ3n) is 5.73. The summed E-state index contributed by atoms with van der Waals surface area (Å²) in [6.07, 6.45) is 0. The smallest absolute Gasteiger partial charge is 0.325 e. The lowest BCUT2D eigenvalue weighted by Crippen LogP contribution is -2.44. The highest BCUT2D eigenvalue weighted by atomic mass is 127. The average molecular weight is 695 g/mol. The highest BCUT2D eigenvalue weighted by Gasteiger charge is 2.39. The fourth-order valence-electron chi connectivity index (χ4n) is 2.83. The van der Waals surface area contributed by atoms with Gasteiger partial charge in [-0.1, -0.05) is 34.6 Å². The predicted octanol–water partition coefficient (Wildman–Crippen LogP) is 8.17. The summed E-state index contributed by atoms with van der Waals surface area (Å²) in [5.74, 6) is 2.56. The van der Waals surface area contributed by atoms with Crippen molar-refractivity contribution in [2.24, 2.45) is 0 Å². The molecule has 33 heavy (non-hydrogen) atoms. The Balaban J connectivity index is 2.27. The van der Waals surface area contributed by atoms with E-state index in [-0.39, 0.29) is 17.6 Å². The monoisotopic (exact) mass is 695 g/mol. The number of ether oxygens (including phenoxy) is 2. The van der Waals surface area contributed by atoms with Crippen LogP contribution in [0.2, 0.25) is 18.1 Å². The van der Waals surface area contributed by atoms with E-state index in [1.54, 1.807) is 6.92 Å². The van der Waals surface area contributed by atoms with Crippen LogP contribution >= 0.6 is 45.2 Å². The van der Waals surface area contributed by atoms with Gasteiger partial charge in [-0.15, -0.1) is 0 Å². The van der Waals surface area contributed by atoms with Gasteiger partial charge < -0.3 is 19.2 Å². The molecular weight excluding hydrogens is 660 g/mol. The minimum absolute atomic E-state index is 0.131. The summed E-state index contributed by atoms with van der Waals surface area (Å²) in [6, 6.07) is 10.0. The molecule has 2 rings (SSSR count). The molecule has 0 aromatic heterocycles. The van der Waals surface area contributed by atoms with Crippen molar-refractivity contribution in [1.82, 2.24) is 0 Å². The highest BCUT2D eigenvalue weighted by molar-refractivity contribution is 14.1. The number of nitrogens with one attached hydrogen (secondary N) is 1. The third-order valence-corrected chi connectivity index (χ3v) is 11.7. The Kier molecular flexibility index (Phi) is 9.93.